The van der Waals surface area contributed by atoms with Crippen molar-refractivity contribution >= 4 is 68.1 Å². The van der Waals surface area contributed by atoms with E-state index >= 15 is 0 Å². The molecule has 4 rings (SSSR count). The molecule has 2 heterocycles. The van der Waals surface area contributed by atoms with Crippen molar-refractivity contribution in [3.8, 4) is 5.75 Å². The molecule has 0 aromatic heterocycles. The minimum Gasteiger partial charge on any atom is -0.496 e. The number of ether oxygens (including phenoxy) is 1. The van der Waals surface area contributed by atoms with Crippen molar-refractivity contribution in [2.75, 3.05) is 23.5 Å². The van der Waals surface area contributed by atoms with Gasteiger partial charge in [-0.05, 0) is 75.3 Å². The Labute approximate surface area is 219 Å². The summed E-state index contributed by atoms with van der Waals surface area (Å²) in [5, 5.41) is 2.69. The minimum absolute atomic E-state index is 0.0139. The van der Waals surface area contributed by atoms with Crippen molar-refractivity contribution < 1.29 is 14.3 Å². The number of carbonyl (C=O) groups excluding carboxylic acids is 2. The lowest BCUT2D eigenvalue weighted by atomic mass is 9.87. The van der Waals surface area contributed by atoms with Gasteiger partial charge >= 0.3 is 0 Å². The highest BCUT2D eigenvalue weighted by Gasteiger charge is 2.36. The van der Waals surface area contributed by atoms with Crippen LogP contribution in [0.2, 0.25) is 0 Å². The van der Waals surface area contributed by atoms with Crippen molar-refractivity contribution in [2.24, 2.45) is 0 Å². The number of hydrogen-bond donors (Lipinski definition) is 1. The molecule has 0 unspecified atom stereocenters. The van der Waals surface area contributed by atoms with Gasteiger partial charge in [-0.1, -0.05) is 35.0 Å². The van der Waals surface area contributed by atoms with Gasteiger partial charge in [-0.3, -0.25) is 19.8 Å². The summed E-state index contributed by atoms with van der Waals surface area (Å²) in [6.45, 7) is 9.53. The molecule has 2 aromatic carbocycles. The first-order valence-electron chi connectivity index (χ1n) is 11.4. The highest BCUT2D eigenvalue weighted by Crippen LogP contribution is 2.43. The van der Waals surface area contributed by atoms with Crippen LogP contribution in [0, 0.1) is 0 Å². The van der Waals surface area contributed by atoms with E-state index in [1.54, 1.807) is 31.4 Å². The van der Waals surface area contributed by atoms with E-state index < -0.39 is 11.8 Å². The monoisotopic (exact) mass is 553 g/mol. The number of halogens is 1. The first-order chi connectivity index (χ1) is 16.6. The molecule has 2 aromatic rings. The van der Waals surface area contributed by atoms with Crippen LogP contribution in [0.25, 0.3) is 11.6 Å². The number of thiocarbonyl (C=S) groups is 1. The van der Waals surface area contributed by atoms with Crippen LogP contribution in [0.1, 0.15) is 45.2 Å². The van der Waals surface area contributed by atoms with Gasteiger partial charge in [-0.15, -0.1) is 0 Å². The van der Waals surface area contributed by atoms with E-state index in [0.29, 0.717) is 17.0 Å². The second kappa shape index (κ2) is 9.59. The topological polar surface area (TPSA) is 61.9 Å². The first kappa shape index (κ1) is 25.1. The fraction of sp³-hybridized carbons (Fsp3) is 0.296. The van der Waals surface area contributed by atoms with Crippen LogP contribution in [0.5, 0.6) is 5.75 Å². The number of nitrogens with one attached hydrogen (secondary N) is 1. The van der Waals surface area contributed by atoms with E-state index in [1.165, 1.54) is 4.90 Å². The second-order valence-corrected chi connectivity index (χ2v) is 10.5. The Morgan fingerprint density at radius 3 is 2.60 bits per heavy atom. The van der Waals surface area contributed by atoms with E-state index in [0.717, 1.165) is 34.3 Å². The highest BCUT2D eigenvalue weighted by molar-refractivity contribution is 9.10. The lowest BCUT2D eigenvalue weighted by molar-refractivity contribution is -0.122. The third-order valence-corrected chi connectivity index (χ3v) is 7.02. The maximum absolute atomic E-state index is 13.5. The van der Waals surface area contributed by atoms with Crippen LogP contribution >= 0.6 is 28.1 Å². The fourth-order valence-corrected chi connectivity index (χ4v) is 5.37. The van der Waals surface area contributed by atoms with E-state index in [1.807, 2.05) is 18.2 Å². The fourth-order valence-electron chi connectivity index (χ4n) is 4.71. The zero-order chi connectivity index (χ0) is 25.5. The summed E-state index contributed by atoms with van der Waals surface area (Å²) in [6.07, 6.45) is 4.84. The molecule has 8 heteroatoms. The van der Waals surface area contributed by atoms with Gasteiger partial charge in [0.15, 0.2) is 5.11 Å². The van der Waals surface area contributed by atoms with Gasteiger partial charge in [-0.25, -0.2) is 0 Å². The lowest BCUT2D eigenvalue weighted by Gasteiger charge is -2.43. The van der Waals surface area contributed by atoms with E-state index in [-0.39, 0.29) is 16.2 Å². The number of nitrogens with zero attached hydrogens (tertiary/aromatic N) is 2. The highest BCUT2D eigenvalue weighted by atomic mass is 79.9. The molecule has 2 aliphatic rings. The number of benzene rings is 2. The normalized spacial score (nSPS) is 18.4. The van der Waals surface area contributed by atoms with Crippen LogP contribution in [0.4, 0.5) is 11.4 Å². The maximum Gasteiger partial charge on any atom is 0.270 e. The Kier molecular flexibility index (Phi) is 6.88. The molecular formula is C27H28BrN3O3S. The summed E-state index contributed by atoms with van der Waals surface area (Å²) in [5.41, 5.74) is 4.32. The van der Waals surface area contributed by atoms with Gasteiger partial charge in [0, 0.05) is 33.9 Å². The largest absolute Gasteiger partial charge is 0.496 e. The Morgan fingerprint density at radius 1 is 1.20 bits per heavy atom. The zero-order valence-electron chi connectivity index (χ0n) is 20.4. The third kappa shape index (κ3) is 4.65. The standard InChI is InChI=1S/C27H28BrN3O3S/c1-6-10-30-22-14-23(34-5)17(11-20(22)16(2)15-27(30,3)4)12-21-24(32)29-26(35)31(25(21)33)19-9-7-8-18(28)13-19/h7-9,11-15H,6,10H2,1-5H3,(H,29,32,35)/b21-12-. The molecule has 2 amide bonds. The molecule has 182 valence electrons. The SMILES string of the molecule is CCCN1c2cc(OC)c(/C=C3/C(=O)NC(=S)N(c4cccc(Br)c4)C3=O)cc2C(C)=CC1(C)C. The number of carbonyl (C=O) groups is 2. The quantitative estimate of drug-likeness (QED) is 0.292. The van der Waals surface area contributed by atoms with Crippen LogP contribution in [0.3, 0.4) is 0 Å². The number of rotatable bonds is 5. The minimum atomic E-state index is -0.535. The second-order valence-electron chi connectivity index (χ2n) is 9.18. The van der Waals surface area contributed by atoms with Gasteiger partial charge in [0.05, 0.1) is 18.3 Å². The van der Waals surface area contributed by atoms with E-state index in [9.17, 15) is 9.59 Å². The number of anilines is 2. The van der Waals surface area contributed by atoms with Gasteiger partial charge in [0.2, 0.25) is 0 Å². The molecule has 6 nitrogen and oxygen atoms in total. The molecule has 0 radical (unpaired) electrons. The molecule has 0 aliphatic carbocycles. The molecule has 1 saturated heterocycles. The molecule has 0 atom stereocenters. The molecular weight excluding hydrogens is 526 g/mol. The van der Waals surface area contributed by atoms with Crippen LogP contribution in [-0.4, -0.2) is 36.1 Å². The maximum atomic E-state index is 13.5. The number of methoxy groups -OCH3 is 1. The molecule has 35 heavy (non-hydrogen) atoms. The smallest absolute Gasteiger partial charge is 0.270 e. The van der Waals surface area contributed by atoms with Crippen LogP contribution in [0.15, 0.2) is 52.5 Å². The summed E-state index contributed by atoms with van der Waals surface area (Å²) >= 11 is 8.74. The average molecular weight is 555 g/mol. The summed E-state index contributed by atoms with van der Waals surface area (Å²) in [5.74, 6) is -0.435. The van der Waals surface area contributed by atoms with Crippen molar-refractivity contribution in [2.45, 2.75) is 39.7 Å². The first-order valence-corrected chi connectivity index (χ1v) is 12.6. The molecule has 2 aliphatic heterocycles. The predicted octanol–water partition coefficient (Wildman–Crippen LogP) is 5.70. The van der Waals surface area contributed by atoms with Gasteiger partial charge in [0.25, 0.3) is 11.8 Å². The van der Waals surface area contributed by atoms with Gasteiger partial charge < -0.3 is 9.64 Å². The third-order valence-electron chi connectivity index (χ3n) is 6.24. The van der Waals surface area contributed by atoms with Gasteiger partial charge in [0.1, 0.15) is 11.3 Å². The molecule has 0 bridgehead atoms. The summed E-state index contributed by atoms with van der Waals surface area (Å²) < 4.78 is 6.52. The van der Waals surface area contributed by atoms with Crippen molar-refractivity contribution in [1.29, 1.82) is 0 Å². The van der Waals surface area contributed by atoms with Crippen molar-refractivity contribution in [1.82, 2.24) is 5.32 Å². The number of allylic oxidation sites excluding steroid dienone is 1. The van der Waals surface area contributed by atoms with E-state index in [2.05, 4.69) is 59.9 Å². The Bertz CT molecular complexity index is 1300. The Balaban J connectivity index is 1.83. The lowest BCUT2D eigenvalue weighted by Crippen LogP contribution is -2.54. The Hall–Kier alpha value is -2.97. The molecule has 0 saturated carbocycles. The van der Waals surface area contributed by atoms with Gasteiger partial charge in [-0.2, -0.15) is 0 Å². The predicted molar refractivity (Wildman–Crippen MR) is 149 cm³/mol. The van der Waals surface area contributed by atoms with Crippen molar-refractivity contribution in [3.05, 3.63) is 63.6 Å². The number of amides is 2. The molecule has 1 N–H and O–H groups in total. The zero-order valence-corrected chi connectivity index (χ0v) is 22.8. The summed E-state index contributed by atoms with van der Waals surface area (Å²) in [7, 11) is 1.59. The van der Waals surface area contributed by atoms with Crippen LogP contribution in [-0.2, 0) is 9.59 Å². The summed E-state index contributed by atoms with van der Waals surface area (Å²) in [6, 6.07) is 11.2. The van der Waals surface area contributed by atoms with E-state index in [4.69, 9.17) is 17.0 Å². The molecule has 1 fully saturated rings. The molecule has 0 spiro atoms. The summed E-state index contributed by atoms with van der Waals surface area (Å²) in [4.78, 5) is 30.0. The number of fused-ring (bicyclic) bond motifs is 1. The number of hydrogen-bond acceptors (Lipinski definition) is 5. The Morgan fingerprint density at radius 2 is 1.94 bits per heavy atom. The van der Waals surface area contributed by atoms with Crippen LogP contribution < -0.4 is 19.9 Å². The van der Waals surface area contributed by atoms with Crippen molar-refractivity contribution in [3.63, 3.8) is 0 Å². The average Bonchev–Trinajstić information content (AvgIpc) is 2.78.